The van der Waals surface area contributed by atoms with Crippen LogP contribution in [-0.2, 0) is 0 Å². The van der Waals surface area contributed by atoms with E-state index in [1.54, 1.807) is 5.57 Å². The number of hydrogen-bond acceptors (Lipinski definition) is 2. The summed E-state index contributed by atoms with van der Waals surface area (Å²) < 4.78 is 0. The smallest absolute Gasteiger partial charge is 0.0273 e. The van der Waals surface area contributed by atoms with Crippen LogP contribution in [-0.4, -0.2) is 19.8 Å². The van der Waals surface area contributed by atoms with Crippen molar-refractivity contribution in [1.29, 1.82) is 0 Å². The maximum Gasteiger partial charge on any atom is 0.0273 e. The third-order valence-electron chi connectivity index (χ3n) is 11.1. The SMILES string of the molecule is CN=CCCC(C)C1CCC(C2CCC(C3=CCC(CC/C=C\CN)C4CCC=CC34)CC2)=C2C=CC=CC21. The van der Waals surface area contributed by atoms with E-state index < -0.39 is 0 Å². The average Bonchev–Trinajstić information content (AvgIpc) is 2.99. The zero-order valence-corrected chi connectivity index (χ0v) is 24.8. The quantitative estimate of drug-likeness (QED) is 0.224. The predicted octanol–water partition coefficient (Wildman–Crippen LogP) is 9.18. The molecule has 6 atom stereocenters. The van der Waals surface area contributed by atoms with Crippen molar-refractivity contribution in [1.82, 2.24) is 0 Å². The van der Waals surface area contributed by atoms with E-state index in [2.05, 4.69) is 72.8 Å². The van der Waals surface area contributed by atoms with Crippen molar-refractivity contribution in [2.75, 3.05) is 13.6 Å². The molecule has 39 heavy (non-hydrogen) atoms. The Labute approximate surface area is 239 Å². The Bertz CT molecular complexity index is 1010. The number of nitrogens with two attached hydrogens (primary N) is 1. The van der Waals surface area contributed by atoms with Crippen molar-refractivity contribution in [3.63, 3.8) is 0 Å². The van der Waals surface area contributed by atoms with Crippen LogP contribution < -0.4 is 5.73 Å². The monoisotopic (exact) mass is 526 g/mol. The lowest BCUT2D eigenvalue weighted by molar-refractivity contribution is 0.204. The maximum atomic E-state index is 5.66. The number of fused-ring (bicyclic) bond motifs is 2. The summed E-state index contributed by atoms with van der Waals surface area (Å²) in [6.07, 6.45) is 41.1. The van der Waals surface area contributed by atoms with Crippen molar-refractivity contribution in [2.45, 2.75) is 90.4 Å². The minimum Gasteiger partial charge on any atom is -0.327 e. The molecule has 0 radical (unpaired) electrons. The van der Waals surface area contributed by atoms with Gasteiger partial charge in [-0.1, -0.05) is 72.8 Å². The fourth-order valence-corrected chi connectivity index (χ4v) is 9.07. The minimum absolute atomic E-state index is 0.635. The van der Waals surface area contributed by atoms with Gasteiger partial charge in [-0.15, -0.1) is 0 Å². The number of allylic oxidation sites excluding steroid dienone is 11. The van der Waals surface area contributed by atoms with E-state index in [0.717, 1.165) is 41.9 Å². The Kier molecular flexibility index (Phi) is 10.3. The lowest BCUT2D eigenvalue weighted by atomic mass is 9.60. The molecule has 0 bridgehead atoms. The van der Waals surface area contributed by atoms with Crippen LogP contribution in [0.3, 0.4) is 0 Å². The molecular weight excluding hydrogens is 472 g/mol. The number of rotatable bonds is 10. The second kappa shape index (κ2) is 14.1. The van der Waals surface area contributed by atoms with Gasteiger partial charge in [-0.25, -0.2) is 0 Å². The summed E-state index contributed by atoms with van der Waals surface area (Å²) in [6.45, 7) is 3.16. The van der Waals surface area contributed by atoms with Crippen LogP contribution in [0.15, 0.2) is 76.4 Å². The Morgan fingerprint density at radius 1 is 0.974 bits per heavy atom. The first-order valence-corrected chi connectivity index (χ1v) is 16.4. The molecule has 0 aromatic rings. The highest BCUT2D eigenvalue weighted by atomic mass is 14.6. The van der Waals surface area contributed by atoms with Crippen LogP contribution in [0.2, 0.25) is 0 Å². The highest BCUT2D eigenvalue weighted by Gasteiger charge is 2.40. The van der Waals surface area contributed by atoms with E-state index >= 15 is 0 Å². The van der Waals surface area contributed by atoms with Crippen LogP contribution in [0.4, 0.5) is 0 Å². The van der Waals surface area contributed by atoms with Gasteiger partial charge in [0.15, 0.2) is 0 Å². The highest BCUT2D eigenvalue weighted by molar-refractivity contribution is 5.56. The third-order valence-corrected chi connectivity index (χ3v) is 11.1. The summed E-state index contributed by atoms with van der Waals surface area (Å²) in [6, 6.07) is 0. The van der Waals surface area contributed by atoms with E-state index in [1.165, 1.54) is 77.0 Å². The summed E-state index contributed by atoms with van der Waals surface area (Å²) in [5.74, 6) is 6.23. The van der Waals surface area contributed by atoms with Gasteiger partial charge in [-0.05, 0) is 131 Å². The molecule has 0 amide bonds. The second-order valence-corrected chi connectivity index (χ2v) is 13.2. The van der Waals surface area contributed by atoms with Gasteiger partial charge in [0.25, 0.3) is 0 Å². The van der Waals surface area contributed by atoms with Crippen molar-refractivity contribution in [3.05, 3.63) is 71.4 Å². The fourth-order valence-electron chi connectivity index (χ4n) is 9.07. The molecule has 5 aliphatic rings. The molecule has 5 rings (SSSR count). The summed E-state index contributed by atoms with van der Waals surface area (Å²) in [5.41, 5.74) is 11.0. The fraction of sp³-hybridized carbons (Fsp3) is 0.649. The van der Waals surface area contributed by atoms with E-state index in [1.807, 2.05) is 18.2 Å². The topological polar surface area (TPSA) is 38.4 Å². The van der Waals surface area contributed by atoms with E-state index in [0.29, 0.717) is 18.4 Å². The van der Waals surface area contributed by atoms with Crippen LogP contribution in [0, 0.1) is 47.3 Å². The Morgan fingerprint density at radius 3 is 2.64 bits per heavy atom. The van der Waals surface area contributed by atoms with Gasteiger partial charge in [0, 0.05) is 25.4 Å². The predicted molar refractivity (Wildman–Crippen MR) is 169 cm³/mol. The minimum atomic E-state index is 0.635. The Balaban J connectivity index is 1.23. The van der Waals surface area contributed by atoms with Crippen molar-refractivity contribution >= 4 is 6.21 Å². The normalized spacial score (nSPS) is 35.4. The zero-order valence-electron chi connectivity index (χ0n) is 24.8. The summed E-state index contributed by atoms with van der Waals surface area (Å²) in [5, 5.41) is 0. The summed E-state index contributed by atoms with van der Waals surface area (Å²) >= 11 is 0. The molecule has 1 fully saturated rings. The van der Waals surface area contributed by atoms with Crippen LogP contribution >= 0.6 is 0 Å². The van der Waals surface area contributed by atoms with Gasteiger partial charge in [0.2, 0.25) is 0 Å². The molecule has 0 aliphatic heterocycles. The van der Waals surface area contributed by atoms with E-state index in [9.17, 15) is 0 Å². The molecular formula is C37H54N2. The molecule has 212 valence electrons. The average molecular weight is 527 g/mol. The molecule has 0 heterocycles. The molecule has 6 unspecified atom stereocenters. The molecule has 1 saturated carbocycles. The molecule has 2 heteroatoms. The first-order valence-electron chi connectivity index (χ1n) is 16.4. The number of nitrogens with zero attached hydrogens (tertiary/aromatic N) is 1. The van der Waals surface area contributed by atoms with Gasteiger partial charge < -0.3 is 10.7 Å². The second-order valence-electron chi connectivity index (χ2n) is 13.2. The molecule has 2 nitrogen and oxygen atoms in total. The highest BCUT2D eigenvalue weighted by Crippen LogP contribution is 2.51. The van der Waals surface area contributed by atoms with Crippen molar-refractivity contribution in [2.24, 2.45) is 58.1 Å². The molecule has 2 N–H and O–H groups in total. The largest absolute Gasteiger partial charge is 0.327 e. The first-order chi connectivity index (χ1) is 19.2. The van der Waals surface area contributed by atoms with Gasteiger partial charge >= 0.3 is 0 Å². The lowest BCUT2D eigenvalue weighted by Crippen LogP contribution is -2.33. The van der Waals surface area contributed by atoms with Crippen molar-refractivity contribution in [3.8, 4) is 0 Å². The number of aliphatic imine (C=N–C) groups is 1. The number of hydrogen-bond donors (Lipinski definition) is 1. The molecule has 0 aromatic carbocycles. The Hall–Kier alpha value is -1.93. The van der Waals surface area contributed by atoms with E-state index in [-0.39, 0.29) is 0 Å². The zero-order chi connectivity index (χ0) is 27.0. The first kappa shape index (κ1) is 28.6. The van der Waals surface area contributed by atoms with Crippen LogP contribution in [0.5, 0.6) is 0 Å². The summed E-state index contributed by atoms with van der Waals surface area (Å²) in [7, 11) is 1.90. The van der Waals surface area contributed by atoms with Crippen molar-refractivity contribution < 1.29 is 0 Å². The molecule has 0 spiro atoms. The molecule has 0 saturated heterocycles. The molecule has 0 aromatic heterocycles. The van der Waals surface area contributed by atoms with Gasteiger partial charge in [-0.3, -0.25) is 0 Å². The van der Waals surface area contributed by atoms with Crippen LogP contribution in [0.1, 0.15) is 90.4 Å². The lowest BCUT2D eigenvalue weighted by Gasteiger charge is -2.44. The standard InChI is InChI=1S/C37H54N2/c1-27(11-10-26-39-2)31-23-24-34(37-16-8-7-14-35(31)37)30-19-17-29(18-20-30)33-22-21-28(12-4-3-9-25-38)32-13-5-6-15-36(32)33/h3,6-9,14-16,22,26-32,35-36H,4-5,10-13,17-21,23-25,38H2,1-2H3/b9-3-,39-26?. The third kappa shape index (κ3) is 6.70. The summed E-state index contributed by atoms with van der Waals surface area (Å²) in [4.78, 5) is 4.22. The van der Waals surface area contributed by atoms with Gasteiger partial charge in [0.1, 0.15) is 0 Å². The van der Waals surface area contributed by atoms with Gasteiger partial charge in [-0.2, -0.15) is 0 Å². The Morgan fingerprint density at radius 2 is 1.82 bits per heavy atom. The van der Waals surface area contributed by atoms with Gasteiger partial charge in [0.05, 0.1) is 0 Å². The van der Waals surface area contributed by atoms with E-state index in [4.69, 9.17) is 5.73 Å². The van der Waals surface area contributed by atoms with Crippen LogP contribution in [0.25, 0.3) is 0 Å². The maximum absolute atomic E-state index is 5.66. The molecule has 5 aliphatic carbocycles.